The van der Waals surface area contributed by atoms with Crippen LogP contribution in [0.25, 0.3) is 0 Å². The zero-order valence-electron chi connectivity index (χ0n) is 11.7. The van der Waals surface area contributed by atoms with Crippen LogP contribution in [0.3, 0.4) is 0 Å². The maximum absolute atomic E-state index is 12.2. The molecule has 2 aromatic heterocycles. The Hall–Kier alpha value is -2.43. The summed E-state index contributed by atoms with van der Waals surface area (Å²) in [5, 5.41) is 6.04. The van der Waals surface area contributed by atoms with Gasteiger partial charge in [0.25, 0.3) is 5.91 Å². The number of aryl methyl sites for hydroxylation is 1. The number of carbonyl (C=O) groups is 1. The summed E-state index contributed by atoms with van der Waals surface area (Å²) < 4.78 is 0. The molecular weight excluding hydrogens is 252 g/mol. The SMILES string of the molecule is CCNc1cnccc1C(=O)NCc1cnccc1C. The Labute approximate surface area is 118 Å². The standard InChI is InChI=1S/C15H18N4O/c1-3-18-14-10-17-7-5-13(14)15(20)19-9-12-8-16-6-4-11(12)2/h4-8,10,18H,3,9H2,1-2H3,(H,19,20). The molecule has 0 spiro atoms. The van der Waals surface area contributed by atoms with Gasteiger partial charge in [-0.05, 0) is 37.1 Å². The quantitative estimate of drug-likeness (QED) is 0.873. The molecule has 1 amide bonds. The Balaban J connectivity index is 2.07. The van der Waals surface area contributed by atoms with Crippen LogP contribution >= 0.6 is 0 Å². The minimum atomic E-state index is -0.119. The lowest BCUT2D eigenvalue weighted by molar-refractivity contribution is 0.0951. The molecule has 5 nitrogen and oxygen atoms in total. The third kappa shape index (κ3) is 3.32. The summed E-state index contributed by atoms with van der Waals surface area (Å²) in [6.07, 6.45) is 6.79. The van der Waals surface area contributed by atoms with Crippen LogP contribution in [0.5, 0.6) is 0 Å². The van der Waals surface area contributed by atoms with Gasteiger partial charge in [0.1, 0.15) is 0 Å². The van der Waals surface area contributed by atoms with Crippen LogP contribution in [0.4, 0.5) is 5.69 Å². The van der Waals surface area contributed by atoms with Crippen LogP contribution in [0, 0.1) is 6.92 Å². The lowest BCUT2D eigenvalue weighted by Crippen LogP contribution is -2.24. The highest BCUT2D eigenvalue weighted by Gasteiger charge is 2.10. The molecule has 0 aromatic carbocycles. The number of anilines is 1. The molecule has 5 heteroatoms. The first-order valence-electron chi connectivity index (χ1n) is 6.58. The number of nitrogens with one attached hydrogen (secondary N) is 2. The van der Waals surface area contributed by atoms with E-state index in [0.29, 0.717) is 12.1 Å². The van der Waals surface area contributed by atoms with E-state index in [1.807, 2.05) is 19.9 Å². The van der Waals surface area contributed by atoms with E-state index in [0.717, 1.165) is 23.4 Å². The second kappa shape index (κ2) is 6.65. The van der Waals surface area contributed by atoms with Crippen LogP contribution in [0.15, 0.2) is 36.9 Å². The highest BCUT2D eigenvalue weighted by Crippen LogP contribution is 2.13. The van der Waals surface area contributed by atoms with Crippen LogP contribution in [-0.2, 0) is 6.54 Å². The normalized spacial score (nSPS) is 10.1. The molecule has 2 heterocycles. The first-order valence-corrected chi connectivity index (χ1v) is 6.58. The van der Waals surface area contributed by atoms with Crippen molar-refractivity contribution in [1.29, 1.82) is 0 Å². The third-order valence-electron chi connectivity index (χ3n) is 3.02. The fraction of sp³-hybridized carbons (Fsp3) is 0.267. The smallest absolute Gasteiger partial charge is 0.253 e. The molecule has 0 atom stereocenters. The fourth-order valence-electron chi connectivity index (χ4n) is 1.88. The molecule has 0 bridgehead atoms. The van der Waals surface area contributed by atoms with Crippen molar-refractivity contribution in [1.82, 2.24) is 15.3 Å². The van der Waals surface area contributed by atoms with Crippen molar-refractivity contribution >= 4 is 11.6 Å². The predicted molar refractivity (Wildman–Crippen MR) is 78.5 cm³/mol. The van der Waals surface area contributed by atoms with Gasteiger partial charge in [0, 0.05) is 31.7 Å². The van der Waals surface area contributed by atoms with Gasteiger partial charge in [-0.3, -0.25) is 14.8 Å². The van der Waals surface area contributed by atoms with Gasteiger partial charge in [-0.15, -0.1) is 0 Å². The summed E-state index contributed by atoms with van der Waals surface area (Å²) in [7, 11) is 0. The average Bonchev–Trinajstić information content (AvgIpc) is 2.47. The van der Waals surface area contributed by atoms with E-state index >= 15 is 0 Å². The van der Waals surface area contributed by atoms with Crippen molar-refractivity contribution in [3.8, 4) is 0 Å². The minimum absolute atomic E-state index is 0.119. The Morgan fingerprint density at radius 2 is 1.95 bits per heavy atom. The molecule has 0 fully saturated rings. The van der Waals surface area contributed by atoms with Crippen LogP contribution in [0.2, 0.25) is 0 Å². The van der Waals surface area contributed by atoms with Gasteiger partial charge < -0.3 is 10.6 Å². The molecular formula is C15H18N4O. The second-order valence-electron chi connectivity index (χ2n) is 4.44. The molecule has 0 saturated heterocycles. The topological polar surface area (TPSA) is 66.9 Å². The molecule has 2 rings (SSSR count). The van der Waals surface area contributed by atoms with Crippen LogP contribution < -0.4 is 10.6 Å². The maximum atomic E-state index is 12.2. The van der Waals surface area contributed by atoms with Gasteiger partial charge in [0.2, 0.25) is 0 Å². The van der Waals surface area contributed by atoms with E-state index in [4.69, 9.17) is 0 Å². The Kier molecular flexibility index (Phi) is 4.65. The van der Waals surface area contributed by atoms with Crippen molar-refractivity contribution in [3.05, 3.63) is 53.6 Å². The van der Waals surface area contributed by atoms with E-state index in [1.165, 1.54) is 0 Å². The molecule has 2 N–H and O–H groups in total. The van der Waals surface area contributed by atoms with E-state index in [1.54, 1.807) is 30.9 Å². The van der Waals surface area contributed by atoms with Gasteiger partial charge in [0.05, 0.1) is 17.4 Å². The summed E-state index contributed by atoms with van der Waals surface area (Å²) in [4.78, 5) is 20.3. The van der Waals surface area contributed by atoms with Crippen LogP contribution in [0.1, 0.15) is 28.4 Å². The number of nitrogens with zero attached hydrogens (tertiary/aromatic N) is 2. The Morgan fingerprint density at radius 1 is 1.20 bits per heavy atom. The summed E-state index contributed by atoms with van der Waals surface area (Å²) in [5.74, 6) is -0.119. The molecule has 0 unspecified atom stereocenters. The van der Waals surface area contributed by atoms with Gasteiger partial charge >= 0.3 is 0 Å². The largest absolute Gasteiger partial charge is 0.383 e. The average molecular weight is 270 g/mol. The van der Waals surface area contributed by atoms with Crippen molar-refractivity contribution < 1.29 is 4.79 Å². The molecule has 0 aliphatic heterocycles. The van der Waals surface area contributed by atoms with E-state index < -0.39 is 0 Å². The lowest BCUT2D eigenvalue weighted by atomic mass is 10.1. The zero-order valence-corrected chi connectivity index (χ0v) is 11.7. The molecule has 0 aliphatic rings. The fourth-order valence-corrected chi connectivity index (χ4v) is 1.88. The molecule has 20 heavy (non-hydrogen) atoms. The zero-order chi connectivity index (χ0) is 14.4. The summed E-state index contributed by atoms with van der Waals surface area (Å²) in [5.41, 5.74) is 3.47. The molecule has 2 aromatic rings. The van der Waals surface area contributed by atoms with Crippen molar-refractivity contribution in [2.75, 3.05) is 11.9 Å². The van der Waals surface area contributed by atoms with E-state index in [9.17, 15) is 4.79 Å². The summed E-state index contributed by atoms with van der Waals surface area (Å²) >= 11 is 0. The molecule has 0 radical (unpaired) electrons. The highest BCUT2D eigenvalue weighted by molar-refractivity contribution is 5.99. The van der Waals surface area contributed by atoms with Crippen molar-refractivity contribution in [2.24, 2.45) is 0 Å². The number of hydrogen-bond donors (Lipinski definition) is 2. The predicted octanol–water partition coefficient (Wildman–Crippen LogP) is 2.15. The van der Waals surface area contributed by atoms with Gasteiger partial charge in [-0.25, -0.2) is 0 Å². The van der Waals surface area contributed by atoms with Crippen molar-refractivity contribution in [3.63, 3.8) is 0 Å². The maximum Gasteiger partial charge on any atom is 0.253 e. The van der Waals surface area contributed by atoms with E-state index in [-0.39, 0.29) is 5.91 Å². The number of amides is 1. The third-order valence-corrected chi connectivity index (χ3v) is 3.02. The van der Waals surface area contributed by atoms with Gasteiger partial charge in [0.15, 0.2) is 0 Å². The highest BCUT2D eigenvalue weighted by atomic mass is 16.1. The monoisotopic (exact) mass is 270 g/mol. The summed E-state index contributed by atoms with van der Waals surface area (Å²) in [6.45, 7) is 5.19. The number of aromatic nitrogens is 2. The number of hydrogen-bond acceptors (Lipinski definition) is 4. The van der Waals surface area contributed by atoms with E-state index in [2.05, 4.69) is 20.6 Å². The second-order valence-corrected chi connectivity index (χ2v) is 4.44. The first kappa shape index (κ1) is 14.0. The number of carbonyl (C=O) groups excluding carboxylic acids is 1. The van der Waals surface area contributed by atoms with Gasteiger partial charge in [-0.1, -0.05) is 0 Å². The summed E-state index contributed by atoms with van der Waals surface area (Å²) in [6, 6.07) is 3.64. The minimum Gasteiger partial charge on any atom is -0.383 e. The molecule has 0 aliphatic carbocycles. The lowest BCUT2D eigenvalue weighted by Gasteiger charge is -2.11. The first-order chi connectivity index (χ1) is 9.72. The number of pyridine rings is 2. The van der Waals surface area contributed by atoms with Crippen molar-refractivity contribution in [2.45, 2.75) is 20.4 Å². The van der Waals surface area contributed by atoms with Gasteiger partial charge in [-0.2, -0.15) is 0 Å². The number of rotatable bonds is 5. The molecule has 0 saturated carbocycles. The molecule has 104 valence electrons. The Morgan fingerprint density at radius 3 is 2.70 bits per heavy atom. The van der Waals surface area contributed by atoms with Crippen LogP contribution in [-0.4, -0.2) is 22.4 Å². The Bertz CT molecular complexity index is 598.